The molecule has 6 nitrogen and oxygen atoms in total. The molecule has 1 unspecified atom stereocenters. The van der Waals surface area contributed by atoms with Gasteiger partial charge >= 0.3 is 6.09 Å². The van der Waals surface area contributed by atoms with Crippen LogP contribution in [0.15, 0.2) is 54.6 Å². The minimum Gasteiger partial charge on any atom is -0.444 e. The number of carbonyl (C=O) groups excluding carboxylic acids is 1. The van der Waals surface area contributed by atoms with E-state index in [1.54, 1.807) is 6.92 Å². The highest BCUT2D eigenvalue weighted by Gasteiger charge is 2.26. The number of H-pyrrole nitrogens is 1. The van der Waals surface area contributed by atoms with Gasteiger partial charge in [0.25, 0.3) is 0 Å². The van der Waals surface area contributed by atoms with E-state index in [-0.39, 0.29) is 13.2 Å². The van der Waals surface area contributed by atoms with Crippen LogP contribution < -0.4 is 4.90 Å². The number of para-hydroxylation sites is 2. The SMILES string of the molecule is CC(CO)N(C(=O)OCc1ccccc1)c1nc2ccccc2[nH]1. The van der Waals surface area contributed by atoms with Crippen LogP contribution in [0, 0.1) is 0 Å². The van der Waals surface area contributed by atoms with Crippen LogP contribution in [0.4, 0.5) is 10.7 Å². The third-order valence-corrected chi connectivity index (χ3v) is 3.71. The number of aromatic amines is 1. The lowest BCUT2D eigenvalue weighted by Gasteiger charge is -2.24. The molecule has 1 atom stereocenters. The van der Waals surface area contributed by atoms with Crippen LogP contribution in [0.1, 0.15) is 12.5 Å². The first-order chi connectivity index (χ1) is 11.7. The zero-order chi connectivity index (χ0) is 16.9. The Morgan fingerprint density at radius 3 is 2.62 bits per heavy atom. The number of nitrogens with zero attached hydrogens (tertiary/aromatic N) is 2. The first-order valence-electron chi connectivity index (χ1n) is 7.74. The minimum atomic E-state index is -0.556. The van der Waals surface area contributed by atoms with Gasteiger partial charge in [0.15, 0.2) is 0 Å². The zero-order valence-corrected chi connectivity index (χ0v) is 13.3. The van der Waals surface area contributed by atoms with Gasteiger partial charge in [0, 0.05) is 0 Å². The maximum Gasteiger partial charge on any atom is 0.417 e. The molecule has 0 aliphatic rings. The maximum absolute atomic E-state index is 12.5. The minimum absolute atomic E-state index is 0.161. The van der Waals surface area contributed by atoms with Crippen molar-refractivity contribution in [1.29, 1.82) is 0 Å². The highest BCUT2D eigenvalue weighted by Crippen LogP contribution is 2.20. The number of hydrogen-bond donors (Lipinski definition) is 2. The Balaban J connectivity index is 1.81. The molecule has 0 fully saturated rings. The number of hydrogen-bond acceptors (Lipinski definition) is 4. The van der Waals surface area contributed by atoms with Gasteiger partial charge in [-0.1, -0.05) is 42.5 Å². The predicted octanol–water partition coefficient (Wildman–Crippen LogP) is 3.09. The molecule has 1 amide bonds. The molecule has 0 aliphatic carbocycles. The number of imidazole rings is 1. The maximum atomic E-state index is 12.5. The molecule has 3 aromatic rings. The quantitative estimate of drug-likeness (QED) is 0.755. The van der Waals surface area contributed by atoms with Crippen molar-refractivity contribution in [3.05, 3.63) is 60.2 Å². The number of aromatic nitrogens is 2. The molecule has 0 saturated carbocycles. The van der Waals surface area contributed by atoms with E-state index in [2.05, 4.69) is 9.97 Å². The van der Waals surface area contributed by atoms with Gasteiger partial charge in [-0.15, -0.1) is 0 Å². The van der Waals surface area contributed by atoms with Crippen LogP contribution in [-0.2, 0) is 11.3 Å². The number of nitrogens with one attached hydrogen (secondary N) is 1. The van der Waals surface area contributed by atoms with Crippen LogP contribution >= 0.6 is 0 Å². The molecule has 1 heterocycles. The number of benzene rings is 2. The molecular formula is C18H19N3O3. The summed E-state index contributed by atoms with van der Waals surface area (Å²) in [5.74, 6) is 0.357. The summed E-state index contributed by atoms with van der Waals surface area (Å²) >= 11 is 0. The second kappa shape index (κ2) is 7.14. The normalized spacial score (nSPS) is 12.1. The second-order valence-electron chi connectivity index (χ2n) is 5.52. The largest absolute Gasteiger partial charge is 0.444 e. The molecule has 1 aromatic heterocycles. The van der Waals surface area contributed by atoms with E-state index in [0.29, 0.717) is 5.95 Å². The molecule has 124 valence electrons. The van der Waals surface area contributed by atoms with Gasteiger partial charge in [-0.25, -0.2) is 14.7 Å². The van der Waals surface area contributed by atoms with E-state index in [1.165, 1.54) is 4.90 Å². The Bertz CT molecular complexity index is 784. The highest BCUT2D eigenvalue weighted by atomic mass is 16.6. The number of amides is 1. The van der Waals surface area contributed by atoms with Crippen LogP contribution in [0.3, 0.4) is 0 Å². The average Bonchev–Trinajstić information content (AvgIpc) is 3.04. The number of anilines is 1. The zero-order valence-electron chi connectivity index (χ0n) is 13.3. The summed E-state index contributed by atoms with van der Waals surface area (Å²) < 4.78 is 5.38. The number of aliphatic hydroxyl groups is 1. The molecule has 0 saturated heterocycles. The third kappa shape index (κ3) is 3.38. The first-order valence-corrected chi connectivity index (χ1v) is 7.74. The van der Waals surface area contributed by atoms with Crippen molar-refractivity contribution in [2.75, 3.05) is 11.5 Å². The van der Waals surface area contributed by atoms with E-state index in [9.17, 15) is 9.90 Å². The Hall–Kier alpha value is -2.86. The van der Waals surface area contributed by atoms with Crippen molar-refractivity contribution >= 4 is 23.1 Å². The average molecular weight is 325 g/mol. The smallest absolute Gasteiger partial charge is 0.417 e. The first kappa shape index (κ1) is 16.0. The van der Waals surface area contributed by atoms with E-state index < -0.39 is 12.1 Å². The Morgan fingerprint density at radius 1 is 1.21 bits per heavy atom. The van der Waals surface area contributed by atoms with Gasteiger partial charge in [0.05, 0.1) is 23.7 Å². The fraction of sp³-hybridized carbons (Fsp3) is 0.222. The molecule has 2 aromatic carbocycles. The molecule has 6 heteroatoms. The lowest BCUT2D eigenvalue weighted by atomic mass is 10.2. The molecule has 0 spiro atoms. The number of rotatable bonds is 5. The van der Waals surface area contributed by atoms with Crippen molar-refractivity contribution in [2.45, 2.75) is 19.6 Å². The summed E-state index contributed by atoms with van der Waals surface area (Å²) in [7, 11) is 0. The molecule has 2 N–H and O–H groups in total. The van der Waals surface area contributed by atoms with Gasteiger partial charge in [-0.2, -0.15) is 0 Å². The highest BCUT2D eigenvalue weighted by molar-refractivity contribution is 5.89. The third-order valence-electron chi connectivity index (χ3n) is 3.71. The van der Waals surface area contributed by atoms with Crippen LogP contribution in [0.25, 0.3) is 11.0 Å². The van der Waals surface area contributed by atoms with E-state index in [4.69, 9.17) is 4.74 Å². The molecule has 0 aliphatic heterocycles. The lowest BCUT2D eigenvalue weighted by molar-refractivity contribution is 0.140. The number of aliphatic hydroxyl groups excluding tert-OH is 1. The summed E-state index contributed by atoms with van der Waals surface area (Å²) in [6.45, 7) is 1.70. The standard InChI is InChI=1S/C18H19N3O3/c1-13(11-22)21(17-19-15-9-5-6-10-16(15)20-17)18(23)24-12-14-7-3-2-4-8-14/h2-10,13,22H,11-12H2,1H3,(H,19,20). The van der Waals surface area contributed by atoms with Gasteiger partial charge in [-0.3, -0.25) is 0 Å². The topological polar surface area (TPSA) is 78.4 Å². The van der Waals surface area contributed by atoms with Gasteiger partial charge in [-0.05, 0) is 24.6 Å². The van der Waals surface area contributed by atoms with Crippen LogP contribution in [0.5, 0.6) is 0 Å². The molecule has 3 rings (SSSR count). The summed E-state index contributed by atoms with van der Waals surface area (Å²) in [5, 5.41) is 9.48. The Morgan fingerprint density at radius 2 is 1.92 bits per heavy atom. The Kier molecular flexibility index (Phi) is 4.77. The fourth-order valence-corrected chi connectivity index (χ4v) is 2.40. The lowest BCUT2D eigenvalue weighted by Crippen LogP contribution is -2.41. The number of carbonyl (C=O) groups is 1. The van der Waals surface area contributed by atoms with Crippen molar-refractivity contribution in [2.24, 2.45) is 0 Å². The van der Waals surface area contributed by atoms with Gasteiger partial charge < -0.3 is 14.8 Å². The van der Waals surface area contributed by atoms with Crippen LogP contribution in [-0.4, -0.2) is 33.8 Å². The monoisotopic (exact) mass is 325 g/mol. The number of fused-ring (bicyclic) bond motifs is 1. The molecule has 0 bridgehead atoms. The van der Waals surface area contributed by atoms with Crippen molar-refractivity contribution in [3.8, 4) is 0 Å². The molecule has 0 radical (unpaired) electrons. The van der Waals surface area contributed by atoms with E-state index in [1.807, 2.05) is 54.6 Å². The Labute approximate surface area is 139 Å². The summed E-state index contributed by atoms with van der Waals surface area (Å²) in [4.78, 5) is 21.4. The predicted molar refractivity (Wildman–Crippen MR) is 91.7 cm³/mol. The fourth-order valence-electron chi connectivity index (χ4n) is 2.40. The molecule has 24 heavy (non-hydrogen) atoms. The number of ether oxygens (including phenoxy) is 1. The van der Waals surface area contributed by atoms with Gasteiger partial charge in [0.1, 0.15) is 6.61 Å². The summed E-state index contributed by atoms with van der Waals surface area (Å²) in [5.41, 5.74) is 2.46. The van der Waals surface area contributed by atoms with Crippen molar-refractivity contribution in [1.82, 2.24) is 9.97 Å². The van der Waals surface area contributed by atoms with Crippen LogP contribution in [0.2, 0.25) is 0 Å². The van der Waals surface area contributed by atoms with E-state index in [0.717, 1.165) is 16.6 Å². The summed E-state index contributed by atoms with van der Waals surface area (Å²) in [6, 6.07) is 16.5. The van der Waals surface area contributed by atoms with Gasteiger partial charge in [0.2, 0.25) is 5.95 Å². The molecular weight excluding hydrogens is 306 g/mol. The second-order valence-corrected chi connectivity index (χ2v) is 5.52. The van der Waals surface area contributed by atoms with Crippen molar-refractivity contribution in [3.63, 3.8) is 0 Å². The van der Waals surface area contributed by atoms with E-state index >= 15 is 0 Å². The summed E-state index contributed by atoms with van der Waals surface area (Å²) in [6.07, 6.45) is -0.556. The van der Waals surface area contributed by atoms with Crippen molar-refractivity contribution < 1.29 is 14.6 Å².